The molecule has 2 saturated heterocycles. The number of pyridine rings is 1. The van der Waals surface area contributed by atoms with E-state index in [-0.39, 0.29) is 24.0 Å². The average Bonchev–Trinajstić information content (AvgIpc) is 3.34. The van der Waals surface area contributed by atoms with Crippen LogP contribution in [0.2, 0.25) is 0 Å². The second-order valence-electron chi connectivity index (χ2n) is 9.34. The van der Waals surface area contributed by atoms with Crippen molar-refractivity contribution in [3.63, 3.8) is 0 Å². The first-order valence-electron chi connectivity index (χ1n) is 11.7. The molecule has 2 atom stereocenters. The number of nitrogens with zero attached hydrogens (tertiary/aromatic N) is 2. The van der Waals surface area contributed by atoms with Crippen LogP contribution in [0, 0.1) is 5.41 Å². The molecule has 0 bridgehead atoms. The lowest BCUT2D eigenvalue weighted by molar-refractivity contribution is -0.148. The zero-order valence-corrected chi connectivity index (χ0v) is 19.0. The number of likely N-dealkylation sites (tertiary alicyclic amines) is 1. The first-order chi connectivity index (χ1) is 15.5. The molecule has 6 heteroatoms. The van der Waals surface area contributed by atoms with Crippen molar-refractivity contribution >= 4 is 11.8 Å². The Morgan fingerprint density at radius 1 is 1.19 bits per heavy atom. The topological polar surface area (TPSA) is 71.5 Å². The predicted molar refractivity (Wildman–Crippen MR) is 124 cm³/mol. The fourth-order valence-corrected chi connectivity index (χ4v) is 4.97. The molecular weight excluding hydrogens is 402 g/mol. The number of carbonyl (C=O) groups excluding carboxylic acids is 2. The molecule has 0 aliphatic carbocycles. The van der Waals surface area contributed by atoms with Gasteiger partial charge in [0.15, 0.2) is 0 Å². The Morgan fingerprint density at radius 3 is 2.69 bits per heavy atom. The summed E-state index contributed by atoms with van der Waals surface area (Å²) in [7, 11) is 0. The van der Waals surface area contributed by atoms with Gasteiger partial charge < -0.3 is 15.0 Å². The summed E-state index contributed by atoms with van der Waals surface area (Å²) in [5.74, 6) is 0.0632. The first kappa shape index (κ1) is 22.5. The fraction of sp³-hybridized carbons (Fsp3) is 0.500. The molecule has 2 fully saturated rings. The number of hydrogen-bond donors (Lipinski definition) is 1. The molecule has 4 rings (SSSR count). The monoisotopic (exact) mass is 435 g/mol. The summed E-state index contributed by atoms with van der Waals surface area (Å²) < 4.78 is 5.66. The molecule has 0 saturated carbocycles. The van der Waals surface area contributed by atoms with Gasteiger partial charge in [0, 0.05) is 38.1 Å². The Morgan fingerprint density at radius 2 is 1.97 bits per heavy atom. The number of amides is 2. The van der Waals surface area contributed by atoms with Crippen molar-refractivity contribution in [2.24, 2.45) is 5.41 Å². The third-order valence-electron chi connectivity index (χ3n) is 6.53. The Balaban J connectivity index is 1.66. The van der Waals surface area contributed by atoms with E-state index in [2.05, 4.69) is 22.4 Å². The van der Waals surface area contributed by atoms with Crippen molar-refractivity contribution in [3.8, 4) is 11.1 Å². The second-order valence-corrected chi connectivity index (χ2v) is 9.34. The maximum Gasteiger partial charge on any atom is 0.251 e. The Bertz CT molecular complexity index is 940. The van der Waals surface area contributed by atoms with Crippen LogP contribution in [0.25, 0.3) is 11.1 Å². The van der Waals surface area contributed by atoms with Gasteiger partial charge in [0.05, 0.1) is 5.41 Å². The van der Waals surface area contributed by atoms with Gasteiger partial charge in [0.2, 0.25) is 5.91 Å². The minimum atomic E-state index is -0.667. The van der Waals surface area contributed by atoms with E-state index in [1.54, 1.807) is 12.4 Å². The molecular formula is C26H33N3O3. The van der Waals surface area contributed by atoms with Crippen LogP contribution in [0.3, 0.4) is 0 Å². The molecule has 0 spiro atoms. The van der Waals surface area contributed by atoms with E-state index >= 15 is 0 Å². The van der Waals surface area contributed by atoms with Crippen LogP contribution in [-0.4, -0.2) is 53.5 Å². The molecule has 2 amide bonds. The molecule has 2 aliphatic heterocycles. The summed E-state index contributed by atoms with van der Waals surface area (Å²) in [5.41, 5.74) is 2.64. The van der Waals surface area contributed by atoms with Crippen molar-refractivity contribution in [3.05, 3.63) is 54.4 Å². The number of carbonyl (C=O) groups is 2. The number of hydrogen-bond acceptors (Lipinski definition) is 4. The molecule has 3 heterocycles. The minimum Gasteiger partial charge on any atom is -0.368 e. The average molecular weight is 436 g/mol. The molecule has 1 aromatic carbocycles. The van der Waals surface area contributed by atoms with Gasteiger partial charge >= 0.3 is 0 Å². The third kappa shape index (κ3) is 4.85. The van der Waals surface area contributed by atoms with Gasteiger partial charge in [-0.25, -0.2) is 0 Å². The van der Waals surface area contributed by atoms with Crippen molar-refractivity contribution < 1.29 is 14.3 Å². The summed E-state index contributed by atoms with van der Waals surface area (Å²) in [6.45, 7) is 5.71. The molecule has 170 valence electrons. The van der Waals surface area contributed by atoms with Crippen molar-refractivity contribution in [2.75, 3.05) is 19.7 Å². The van der Waals surface area contributed by atoms with Gasteiger partial charge in [0.1, 0.15) is 6.10 Å². The van der Waals surface area contributed by atoms with Gasteiger partial charge in [-0.15, -0.1) is 0 Å². The highest BCUT2D eigenvalue weighted by molar-refractivity contribution is 5.86. The molecule has 0 unspecified atom stereocenters. The minimum absolute atomic E-state index is 0.0295. The van der Waals surface area contributed by atoms with Crippen LogP contribution in [-0.2, 0) is 20.7 Å². The van der Waals surface area contributed by atoms with E-state index in [0.717, 1.165) is 42.4 Å². The van der Waals surface area contributed by atoms with E-state index in [1.807, 2.05) is 43.0 Å². The third-order valence-corrected chi connectivity index (χ3v) is 6.53. The van der Waals surface area contributed by atoms with E-state index in [9.17, 15) is 9.59 Å². The Labute approximate surface area is 190 Å². The second kappa shape index (κ2) is 9.82. The number of piperidine rings is 1. The van der Waals surface area contributed by atoms with Crippen molar-refractivity contribution in [2.45, 2.75) is 58.1 Å². The number of ether oxygens (including phenoxy) is 1. The van der Waals surface area contributed by atoms with Gasteiger partial charge in [-0.1, -0.05) is 24.3 Å². The molecule has 2 aromatic rings. The van der Waals surface area contributed by atoms with E-state index in [1.165, 1.54) is 0 Å². The number of rotatable bonds is 6. The summed E-state index contributed by atoms with van der Waals surface area (Å²) in [4.78, 5) is 32.7. The van der Waals surface area contributed by atoms with Crippen LogP contribution >= 0.6 is 0 Å². The number of aromatic nitrogens is 1. The largest absolute Gasteiger partial charge is 0.368 e. The maximum absolute atomic E-state index is 13.6. The standard InChI is InChI=1S/C26H33N3O3/c1-19(2)28-25(31)26(12-6-15-29(18-26)24(30)23-9-5-16-32-23)17-21-7-3-4-8-22(21)20-10-13-27-14-11-20/h3-4,7-8,10-11,13-14,19,23H,5-6,9,12,15-18H2,1-2H3,(H,28,31)/t23-,26-/m1/s1. The smallest absolute Gasteiger partial charge is 0.251 e. The molecule has 2 aliphatic rings. The van der Waals surface area contributed by atoms with Crippen LogP contribution in [0.1, 0.15) is 45.1 Å². The lowest BCUT2D eigenvalue weighted by Crippen LogP contribution is -2.56. The maximum atomic E-state index is 13.6. The lowest BCUT2D eigenvalue weighted by Gasteiger charge is -2.43. The highest BCUT2D eigenvalue weighted by atomic mass is 16.5. The van der Waals surface area contributed by atoms with Crippen LogP contribution in [0.15, 0.2) is 48.8 Å². The molecule has 1 aromatic heterocycles. The highest BCUT2D eigenvalue weighted by Gasteiger charge is 2.45. The van der Waals surface area contributed by atoms with Gasteiger partial charge in [-0.3, -0.25) is 14.6 Å². The zero-order valence-electron chi connectivity index (χ0n) is 19.0. The summed E-state index contributed by atoms with van der Waals surface area (Å²) in [5, 5.41) is 3.14. The van der Waals surface area contributed by atoms with Crippen LogP contribution in [0.4, 0.5) is 0 Å². The quantitative estimate of drug-likeness (QED) is 0.753. The van der Waals surface area contributed by atoms with Crippen LogP contribution in [0.5, 0.6) is 0 Å². The highest BCUT2D eigenvalue weighted by Crippen LogP contribution is 2.38. The van der Waals surface area contributed by atoms with E-state index in [0.29, 0.717) is 26.1 Å². The fourth-order valence-electron chi connectivity index (χ4n) is 4.97. The number of nitrogens with one attached hydrogen (secondary N) is 1. The van der Waals surface area contributed by atoms with Gasteiger partial charge in [-0.2, -0.15) is 0 Å². The van der Waals surface area contributed by atoms with E-state index in [4.69, 9.17) is 4.74 Å². The Hall–Kier alpha value is -2.73. The molecule has 32 heavy (non-hydrogen) atoms. The predicted octanol–water partition coefficient (Wildman–Crippen LogP) is 3.60. The molecule has 6 nitrogen and oxygen atoms in total. The van der Waals surface area contributed by atoms with Crippen molar-refractivity contribution in [1.29, 1.82) is 0 Å². The van der Waals surface area contributed by atoms with E-state index < -0.39 is 5.41 Å². The molecule has 1 N–H and O–H groups in total. The lowest BCUT2D eigenvalue weighted by atomic mass is 9.73. The summed E-state index contributed by atoms with van der Waals surface area (Å²) in [6.07, 6.45) is 7.05. The number of benzene rings is 1. The SMILES string of the molecule is CC(C)NC(=O)[C@@]1(Cc2ccccc2-c2ccncc2)CCCN(C(=O)[C@H]2CCCO2)C1. The van der Waals surface area contributed by atoms with Gasteiger partial charge in [-0.05, 0) is 74.8 Å². The van der Waals surface area contributed by atoms with Crippen molar-refractivity contribution in [1.82, 2.24) is 15.2 Å². The normalized spacial score (nSPS) is 23.3. The summed E-state index contributed by atoms with van der Waals surface area (Å²) in [6, 6.07) is 12.3. The zero-order chi connectivity index (χ0) is 22.6. The first-order valence-corrected chi connectivity index (χ1v) is 11.7. The van der Waals surface area contributed by atoms with Gasteiger partial charge in [0.25, 0.3) is 5.91 Å². The Kier molecular flexibility index (Phi) is 6.89. The summed E-state index contributed by atoms with van der Waals surface area (Å²) >= 11 is 0. The van der Waals surface area contributed by atoms with Crippen LogP contribution < -0.4 is 5.32 Å². The molecule has 0 radical (unpaired) electrons.